The SMILES string of the molecule is CCN(C)S(=O)(=O)Nc1ccc(F)c(Oc2ccc3ncn(-c4cnn(C5CCN(C(=O)OC(C)(C)C)CC5)c4)c(=O)c3c2)c1C#N. The molecule has 2 aromatic carbocycles. The number of likely N-dealkylation sites (tertiary alicyclic amines) is 1. The molecule has 248 valence electrons. The van der Waals surface area contributed by atoms with Crippen LogP contribution >= 0.6 is 0 Å². The summed E-state index contributed by atoms with van der Waals surface area (Å²) in [5, 5.41) is 14.4. The molecule has 0 saturated carbocycles. The van der Waals surface area contributed by atoms with Gasteiger partial charge in [-0.05, 0) is 63.9 Å². The largest absolute Gasteiger partial charge is 0.453 e. The molecule has 1 aliphatic rings. The minimum absolute atomic E-state index is 0.0124. The van der Waals surface area contributed by atoms with E-state index in [0.29, 0.717) is 37.1 Å². The van der Waals surface area contributed by atoms with Gasteiger partial charge in [-0.15, -0.1) is 0 Å². The first-order chi connectivity index (χ1) is 22.2. The Hall–Kier alpha value is -5.01. The van der Waals surface area contributed by atoms with Crippen molar-refractivity contribution < 1.29 is 27.1 Å². The van der Waals surface area contributed by atoms with Crippen LogP contribution in [0.4, 0.5) is 14.9 Å². The molecule has 1 aliphatic heterocycles. The highest BCUT2D eigenvalue weighted by Crippen LogP contribution is 2.34. The predicted octanol–water partition coefficient (Wildman–Crippen LogP) is 4.57. The Morgan fingerprint density at radius 2 is 1.94 bits per heavy atom. The number of nitrogens with one attached hydrogen (secondary N) is 1. The van der Waals surface area contributed by atoms with Gasteiger partial charge < -0.3 is 14.4 Å². The molecule has 1 saturated heterocycles. The maximum Gasteiger partial charge on any atom is 0.410 e. The molecule has 0 atom stereocenters. The van der Waals surface area contributed by atoms with Gasteiger partial charge in [0.2, 0.25) is 0 Å². The Bertz CT molecular complexity index is 2020. The molecule has 4 aromatic rings. The highest BCUT2D eigenvalue weighted by Gasteiger charge is 2.28. The highest BCUT2D eigenvalue weighted by atomic mass is 32.2. The number of aromatic nitrogens is 4. The molecule has 0 bridgehead atoms. The van der Waals surface area contributed by atoms with Gasteiger partial charge in [-0.3, -0.25) is 18.8 Å². The number of nitriles is 1. The van der Waals surface area contributed by atoms with Gasteiger partial charge in [-0.1, -0.05) is 6.92 Å². The lowest BCUT2D eigenvalue weighted by Gasteiger charge is -2.33. The fourth-order valence-electron chi connectivity index (χ4n) is 5.00. The van der Waals surface area contributed by atoms with Crippen LogP contribution in [0.25, 0.3) is 16.6 Å². The highest BCUT2D eigenvalue weighted by molar-refractivity contribution is 7.90. The van der Waals surface area contributed by atoms with Crippen LogP contribution in [0.5, 0.6) is 11.5 Å². The minimum Gasteiger partial charge on any atom is -0.453 e. The number of halogens is 1. The topological polar surface area (TPSA) is 165 Å². The van der Waals surface area contributed by atoms with Crippen molar-refractivity contribution in [2.75, 3.05) is 31.4 Å². The monoisotopic (exact) mass is 666 g/mol. The summed E-state index contributed by atoms with van der Waals surface area (Å²) in [6.07, 6.45) is 5.63. The smallest absolute Gasteiger partial charge is 0.410 e. The number of piperidine rings is 1. The van der Waals surface area contributed by atoms with Gasteiger partial charge in [0.25, 0.3) is 5.56 Å². The molecular formula is C31H35FN8O6S. The second-order valence-electron chi connectivity index (χ2n) is 12.0. The van der Waals surface area contributed by atoms with Crippen molar-refractivity contribution in [1.82, 2.24) is 28.5 Å². The Kier molecular flexibility index (Phi) is 9.23. The van der Waals surface area contributed by atoms with Crippen molar-refractivity contribution in [3.05, 3.63) is 70.8 Å². The van der Waals surface area contributed by atoms with E-state index in [2.05, 4.69) is 14.8 Å². The van der Waals surface area contributed by atoms with Gasteiger partial charge in [-0.2, -0.15) is 23.1 Å². The van der Waals surface area contributed by atoms with E-state index in [9.17, 15) is 27.7 Å². The summed E-state index contributed by atoms with van der Waals surface area (Å²) in [6.45, 7) is 8.29. The van der Waals surface area contributed by atoms with E-state index in [1.54, 1.807) is 35.0 Å². The van der Waals surface area contributed by atoms with Crippen LogP contribution in [0.1, 0.15) is 52.1 Å². The molecule has 3 heterocycles. The first-order valence-corrected chi connectivity index (χ1v) is 16.3. The molecule has 2 aromatic heterocycles. The molecule has 0 radical (unpaired) electrons. The lowest BCUT2D eigenvalue weighted by molar-refractivity contribution is 0.0184. The molecule has 0 aliphatic carbocycles. The van der Waals surface area contributed by atoms with Gasteiger partial charge in [0.05, 0.1) is 34.5 Å². The molecule has 0 spiro atoms. The summed E-state index contributed by atoms with van der Waals surface area (Å²) in [5.74, 6) is -1.38. The quantitative estimate of drug-likeness (QED) is 0.284. The molecule has 1 fully saturated rings. The van der Waals surface area contributed by atoms with Crippen LogP contribution in [0.2, 0.25) is 0 Å². The van der Waals surface area contributed by atoms with Gasteiger partial charge in [0, 0.05) is 32.9 Å². The molecule has 5 rings (SSSR count). The maximum absolute atomic E-state index is 14.9. The zero-order valence-corrected chi connectivity index (χ0v) is 27.4. The van der Waals surface area contributed by atoms with Crippen molar-refractivity contribution >= 4 is 32.9 Å². The zero-order chi connectivity index (χ0) is 34.1. The molecule has 14 nitrogen and oxygen atoms in total. The standard InChI is InChI=1S/C31H35FN8O6S/c1-6-37(5)47(43,44)36-27-10-8-25(32)28(24(27)16-33)45-22-7-9-26-23(15-22)29(41)39(19-34-26)21-17-35-40(18-21)20-11-13-38(14-12-20)30(42)46-31(2,3)4/h7-10,15,17-20,36H,6,11-14H2,1-5H3. The average molecular weight is 667 g/mol. The molecule has 0 unspecified atom stereocenters. The van der Waals surface area contributed by atoms with Crippen molar-refractivity contribution in [2.24, 2.45) is 0 Å². The number of rotatable bonds is 8. The van der Waals surface area contributed by atoms with Crippen molar-refractivity contribution in [3.63, 3.8) is 0 Å². The molecule has 16 heteroatoms. The van der Waals surface area contributed by atoms with Crippen molar-refractivity contribution in [3.8, 4) is 23.3 Å². The molecule has 1 amide bonds. The van der Waals surface area contributed by atoms with Crippen LogP contribution in [-0.2, 0) is 14.9 Å². The average Bonchev–Trinajstić information content (AvgIpc) is 3.52. The summed E-state index contributed by atoms with van der Waals surface area (Å²) in [4.78, 5) is 32.1. The fraction of sp³-hybridized carbons (Fsp3) is 0.387. The molecule has 1 N–H and O–H groups in total. The normalized spacial score (nSPS) is 14.3. The predicted molar refractivity (Wildman–Crippen MR) is 171 cm³/mol. The van der Waals surface area contributed by atoms with Crippen LogP contribution in [0, 0.1) is 17.1 Å². The third-order valence-corrected chi connectivity index (χ3v) is 9.18. The third-order valence-electron chi connectivity index (χ3n) is 7.62. The van der Waals surface area contributed by atoms with E-state index < -0.39 is 32.9 Å². The van der Waals surface area contributed by atoms with Crippen LogP contribution < -0.4 is 15.0 Å². The van der Waals surface area contributed by atoms with Gasteiger partial charge in [-0.25, -0.2) is 14.2 Å². The number of fused-ring (bicyclic) bond motifs is 1. The van der Waals surface area contributed by atoms with E-state index in [1.165, 1.54) is 36.1 Å². The summed E-state index contributed by atoms with van der Waals surface area (Å²) in [7, 11) is -2.65. The van der Waals surface area contributed by atoms with E-state index in [-0.39, 0.29) is 41.1 Å². The van der Waals surface area contributed by atoms with E-state index in [1.807, 2.05) is 20.8 Å². The maximum atomic E-state index is 14.9. The zero-order valence-electron chi connectivity index (χ0n) is 26.6. The molecule has 47 heavy (non-hydrogen) atoms. The Balaban J connectivity index is 1.38. The lowest BCUT2D eigenvalue weighted by atomic mass is 10.1. The molecular weight excluding hydrogens is 631 g/mol. The lowest BCUT2D eigenvalue weighted by Crippen LogP contribution is -2.42. The van der Waals surface area contributed by atoms with Crippen molar-refractivity contribution in [1.29, 1.82) is 5.26 Å². The number of anilines is 1. The number of carbonyl (C=O) groups is 1. The number of hydrogen-bond donors (Lipinski definition) is 1. The van der Waals surface area contributed by atoms with E-state index in [0.717, 1.165) is 16.4 Å². The summed E-state index contributed by atoms with van der Waals surface area (Å²) >= 11 is 0. The number of ether oxygens (including phenoxy) is 2. The van der Waals surface area contributed by atoms with Crippen LogP contribution in [-0.4, -0.2) is 75.3 Å². The Morgan fingerprint density at radius 3 is 2.60 bits per heavy atom. The summed E-state index contributed by atoms with van der Waals surface area (Å²) in [6, 6.07) is 8.29. The van der Waals surface area contributed by atoms with Crippen LogP contribution in [0.15, 0.2) is 53.8 Å². The number of nitrogens with zero attached hydrogens (tertiary/aromatic N) is 7. The van der Waals surface area contributed by atoms with Gasteiger partial charge >= 0.3 is 16.3 Å². The number of benzene rings is 2. The third kappa shape index (κ3) is 7.21. The Morgan fingerprint density at radius 1 is 1.21 bits per heavy atom. The summed E-state index contributed by atoms with van der Waals surface area (Å²) in [5.41, 5.74) is -0.725. The minimum atomic E-state index is -4.01. The second-order valence-corrected chi connectivity index (χ2v) is 13.8. The van der Waals surface area contributed by atoms with Gasteiger partial charge in [0.15, 0.2) is 11.6 Å². The number of hydrogen-bond acceptors (Lipinski definition) is 9. The summed E-state index contributed by atoms with van der Waals surface area (Å²) < 4.78 is 57.7. The first kappa shape index (κ1) is 33.4. The first-order valence-electron chi connectivity index (χ1n) is 14.9. The number of carbonyl (C=O) groups excluding carboxylic acids is 1. The van der Waals surface area contributed by atoms with E-state index in [4.69, 9.17) is 9.47 Å². The van der Waals surface area contributed by atoms with Gasteiger partial charge in [0.1, 0.15) is 29.3 Å². The second kappa shape index (κ2) is 13.0. The van der Waals surface area contributed by atoms with Crippen molar-refractivity contribution in [2.45, 2.75) is 52.2 Å². The van der Waals surface area contributed by atoms with E-state index >= 15 is 0 Å². The number of amides is 1. The van der Waals surface area contributed by atoms with Crippen LogP contribution in [0.3, 0.4) is 0 Å². The fourth-order valence-corrected chi connectivity index (χ4v) is 5.94. The Labute approximate surface area is 271 Å².